The fourth-order valence-electron chi connectivity index (χ4n) is 6.61. The maximum atomic E-state index is 13.9. The lowest BCUT2D eigenvalue weighted by Crippen LogP contribution is -2.54. The van der Waals surface area contributed by atoms with Crippen molar-refractivity contribution in [1.29, 1.82) is 0 Å². The van der Waals surface area contributed by atoms with Crippen LogP contribution in [0.25, 0.3) is 5.69 Å². The van der Waals surface area contributed by atoms with Crippen LogP contribution in [-0.2, 0) is 35.3 Å². The Morgan fingerprint density at radius 2 is 1.88 bits per heavy atom. The van der Waals surface area contributed by atoms with E-state index in [4.69, 9.17) is 4.74 Å². The number of alkyl halides is 3. The van der Waals surface area contributed by atoms with E-state index in [2.05, 4.69) is 20.5 Å². The molecule has 3 saturated carbocycles. The van der Waals surface area contributed by atoms with E-state index in [1.165, 1.54) is 22.0 Å². The summed E-state index contributed by atoms with van der Waals surface area (Å²) in [6.07, 6.45) is 2.79. The number of nitrogens with zero attached hydrogens (tertiary/aromatic N) is 3. The SMILES string of the molecule is CN1CCCC/C=C/[C@@H]2C[C@@]2(C(=O)NS(=O)(=O)C2CC2)NC(=O)[C@@H]2C[C@@H](OC(=O)Nc3cc(C(F)(F)F)ccc3-n3cccn3)C[C@H]2C1=O. The highest BCUT2D eigenvalue weighted by molar-refractivity contribution is 7.91. The summed E-state index contributed by atoms with van der Waals surface area (Å²) in [6.45, 7) is 0.421. The minimum absolute atomic E-state index is 0.0537. The van der Waals surface area contributed by atoms with Crippen LogP contribution in [0.15, 0.2) is 48.8 Å². The Balaban J connectivity index is 1.22. The average molecular weight is 707 g/mol. The Bertz CT molecular complexity index is 1760. The van der Waals surface area contributed by atoms with E-state index in [1.54, 1.807) is 19.2 Å². The van der Waals surface area contributed by atoms with Crippen molar-refractivity contribution in [2.45, 2.75) is 74.4 Å². The Morgan fingerprint density at radius 3 is 2.57 bits per heavy atom. The molecular weight excluding hydrogens is 669 g/mol. The third-order valence-electron chi connectivity index (χ3n) is 9.58. The van der Waals surface area contributed by atoms with Gasteiger partial charge in [-0.1, -0.05) is 12.2 Å². The number of carbonyl (C=O) groups excluding carboxylic acids is 4. The van der Waals surface area contributed by atoms with Crippen molar-refractivity contribution >= 4 is 39.5 Å². The molecule has 13 nitrogen and oxygen atoms in total. The molecule has 4 amide bonds. The summed E-state index contributed by atoms with van der Waals surface area (Å²) >= 11 is 0. The first-order valence-electron chi connectivity index (χ1n) is 16.2. The van der Waals surface area contributed by atoms with E-state index in [9.17, 15) is 40.8 Å². The van der Waals surface area contributed by atoms with Gasteiger partial charge in [-0.2, -0.15) is 18.3 Å². The van der Waals surface area contributed by atoms with Crippen LogP contribution in [0.3, 0.4) is 0 Å². The van der Waals surface area contributed by atoms with Crippen LogP contribution >= 0.6 is 0 Å². The van der Waals surface area contributed by atoms with Crippen LogP contribution in [0.5, 0.6) is 0 Å². The summed E-state index contributed by atoms with van der Waals surface area (Å²) in [7, 11) is -2.29. The van der Waals surface area contributed by atoms with Crippen LogP contribution in [0, 0.1) is 17.8 Å². The molecule has 1 aromatic heterocycles. The number of rotatable bonds is 6. The van der Waals surface area contributed by atoms with Gasteiger partial charge in [-0.3, -0.25) is 24.4 Å². The standard InChI is InChI=1S/C32H37F3N6O7S/c1-40-13-5-3-2-4-7-20-18-31(20,29(44)39-49(46,47)22-9-10-22)38-27(42)23-16-21(17-24(23)28(40)43)48-30(45)37-25-15-19(32(33,34)35)8-11-26(25)41-14-6-12-36-41/h4,6-8,11-12,14-15,20-24H,2-3,5,9-10,13,16-18H2,1H3,(H,37,45)(H,38,42)(H,39,44)/b7-4+/t20-,21-,23-,24-,31-/m1/s1. The van der Waals surface area contributed by atoms with Gasteiger partial charge in [0, 0.05) is 31.9 Å². The second kappa shape index (κ2) is 13.1. The largest absolute Gasteiger partial charge is 0.446 e. The van der Waals surface area contributed by atoms with E-state index in [0.29, 0.717) is 32.2 Å². The summed E-state index contributed by atoms with van der Waals surface area (Å²) in [4.78, 5) is 55.6. The molecule has 17 heteroatoms. The number of ether oxygens (including phenoxy) is 1. The summed E-state index contributed by atoms with van der Waals surface area (Å²) in [5, 5.41) is 8.49. The fourth-order valence-corrected chi connectivity index (χ4v) is 7.97. The van der Waals surface area contributed by atoms with E-state index in [0.717, 1.165) is 24.6 Å². The third-order valence-corrected chi connectivity index (χ3v) is 11.4. The Labute approximate surface area is 280 Å². The molecule has 0 saturated heterocycles. The molecule has 0 radical (unpaired) electrons. The number of halogens is 3. The topological polar surface area (TPSA) is 169 Å². The van der Waals surface area contributed by atoms with Crippen molar-refractivity contribution in [3.63, 3.8) is 0 Å². The molecule has 264 valence electrons. The van der Waals surface area contributed by atoms with Crippen molar-refractivity contribution in [3.8, 4) is 5.69 Å². The average Bonchev–Trinajstić information content (AvgIpc) is 3.90. The number of benzene rings is 1. The van der Waals surface area contributed by atoms with Crippen molar-refractivity contribution < 1.29 is 45.5 Å². The molecule has 0 unspecified atom stereocenters. The highest BCUT2D eigenvalue weighted by atomic mass is 32.2. The number of fused-ring (bicyclic) bond motifs is 2. The molecule has 5 atom stereocenters. The maximum absolute atomic E-state index is 13.9. The molecule has 1 aromatic carbocycles. The Kier molecular flexibility index (Phi) is 9.23. The van der Waals surface area contributed by atoms with Gasteiger partial charge in [0.05, 0.1) is 34.0 Å². The molecule has 3 N–H and O–H groups in total. The van der Waals surface area contributed by atoms with E-state index in [1.807, 2.05) is 6.08 Å². The van der Waals surface area contributed by atoms with Gasteiger partial charge in [0.25, 0.3) is 5.91 Å². The maximum Gasteiger partial charge on any atom is 0.416 e. The molecular formula is C32H37F3N6O7S. The van der Waals surface area contributed by atoms with Gasteiger partial charge < -0.3 is 15.0 Å². The number of hydrogen-bond acceptors (Lipinski definition) is 8. The first kappa shape index (κ1) is 34.5. The number of anilines is 1. The second-order valence-electron chi connectivity index (χ2n) is 13.1. The monoisotopic (exact) mass is 706 g/mol. The van der Waals surface area contributed by atoms with Crippen LogP contribution in [0.2, 0.25) is 0 Å². The van der Waals surface area contributed by atoms with Crippen LogP contribution < -0.4 is 15.4 Å². The minimum atomic E-state index is -4.69. The van der Waals surface area contributed by atoms with Crippen molar-refractivity contribution in [2.75, 3.05) is 18.9 Å². The number of allylic oxidation sites excluding steroid dienone is 1. The molecule has 49 heavy (non-hydrogen) atoms. The zero-order chi connectivity index (χ0) is 35.1. The smallest absolute Gasteiger partial charge is 0.416 e. The van der Waals surface area contributed by atoms with Crippen molar-refractivity contribution in [1.82, 2.24) is 24.7 Å². The molecule has 4 aliphatic rings. The molecule has 3 aliphatic carbocycles. The lowest BCUT2D eigenvalue weighted by atomic mass is 9.93. The van der Waals surface area contributed by atoms with Crippen molar-refractivity contribution in [3.05, 3.63) is 54.4 Å². The zero-order valence-electron chi connectivity index (χ0n) is 26.6. The van der Waals surface area contributed by atoms with Crippen LogP contribution in [-0.4, -0.2) is 77.4 Å². The molecule has 0 bridgehead atoms. The first-order chi connectivity index (χ1) is 23.2. The number of carbonyl (C=O) groups is 4. The summed E-state index contributed by atoms with van der Waals surface area (Å²) in [5.41, 5.74) is -2.62. The third kappa shape index (κ3) is 7.45. The van der Waals surface area contributed by atoms with E-state index < -0.39 is 74.3 Å². The predicted octanol–water partition coefficient (Wildman–Crippen LogP) is 3.52. The van der Waals surface area contributed by atoms with Gasteiger partial charge in [0.1, 0.15) is 11.6 Å². The molecule has 6 rings (SSSR count). The van der Waals surface area contributed by atoms with Crippen LogP contribution in [0.1, 0.15) is 56.9 Å². The quantitative estimate of drug-likeness (QED) is 0.384. The van der Waals surface area contributed by atoms with Gasteiger partial charge in [-0.05, 0) is 75.6 Å². The molecule has 0 spiro atoms. The fraction of sp³-hybridized carbons (Fsp3) is 0.531. The van der Waals surface area contributed by atoms with E-state index in [-0.39, 0.29) is 36.5 Å². The van der Waals surface area contributed by atoms with Gasteiger partial charge >= 0.3 is 12.3 Å². The normalized spacial score (nSPS) is 28.4. The summed E-state index contributed by atoms with van der Waals surface area (Å²) in [5.74, 6) is -4.31. The Morgan fingerprint density at radius 1 is 1.12 bits per heavy atom. The number of aromatic nitrogens is 2. The number of amides is 4. The van der Waals surface area contributed by atoms with Gasteiger partial charge in [0.15, 0.2) is 0 Å². The molecule has 1 aliphatic heterocycles. The lowest BCUT2D eigenvalue weighted by Gasteiger charge is -2.26. The number of hydrogen-bond donors (Lipinski definition) is 3. The van der Waals surface area contributed by atoms with Crippen LogP contribution in [0.4, 0.5) is 23.7 Å². The number of nitrogens with one attached hydrogen (secondary N) is 3. The van der Waals surface area contributed by atoms with E-state index >= 15 is 0 Å². The van der Waals surface area contributed by atoms with Gasteiger partial charge in [-0.25, -0.2) is 17.9 Å². The Hall–Kier alpha value is -4.41. The number of sulfonamides is 1. The lowest BCUT2D eigenvalue weighted by molar-refractivity contribution is -0.140. The molecule has 2 heterocycles. The summed E-state index contributed by atoms with van der Waals surface area (Å²) in [6, 6.07) is 4.33. The molecule has 2 aromatic rings. The zero-order valence-corrected chi connectivity index (χ0v) is 27.4. The summed E-state index contributed by atoms with van der Waals surface area (Å²) < 4.78 is 74.8. The van der Waals surface area contributed by atoms with Gasteiger partial charge in [-0.15, -0.1) is 0 Å². The predicted molar refractivity (Wildman–Crippen MR) is 168 cm³/mol. The van der Waals surface area contributed by atoms with Crippen molar-refractivity contribution in [2.24, 2.45) is 17.8 Å². The highest BCUT2D eigenvalue weighted by Crippen LogP contribution is 2.47. The highest BCUT2D eigenvalue weighted by Gasteiger charge is 2.62. The minimum Gasteiger partial charge on any atom is -0.446 e. The second-order valence-corrected chi connectivity index (χ2v) is 15.1. The first-order valence-corrected chi connectivity index (χ1v) is 17.7. The molecule has 3 fully saturated rings. The van der Waals surface area contributed by atoms with Gasteiger partial charge in [0.2, 0.25) is 21.8 Å².